The number of imide groups is 2. The van der Waals surface area contributed by atoms with Gasteiger partial charge in [0.1, 0.15) is 17.7 Å². The molecule has 62 heavy (non-hydrogen) atoms. The van der Waals surface area contributed by atoms with Gasteiger partial charge in [0.15, 0.2) is 0 Å². The lowest BCUT2D eigenvalue weighted by Crippen LogP contribution is -2.54. The highest BCUT2D eigenvalue weighted by Gasteiger charge is 2.58. The molecule has 10 rings (SSSR count). The van der Waals surface area contributed by atoms with E-state index in [2.05, 4.69) is 15.2 Å². The van der Waals surface area contributed by atoms with Crippen LogP contribution in [0.1, 0.15) is 75.2 Å². The Morgan fingerprint density at radius 3 is 2.44 bits per heavy atom. The van der Waals surface area contributed by atoms with Crippen molar-refractivity contribution in [3.05, 3.63) is 87.6 Å². The third-order valence-electron chi connectivity index (χ3n) is 15.0. The molecular formula is C46H49F4N7O5. The Morgan fingerprint density at radius 1 is 0.984 bits per heavy atom. The summed E-state index contributed by atoms with van der Waals surface area (Å²) in [6.07, 6.45) is 2.36. The maximum absolute atomic E-state index is 16.4. The van der Waals surface area contributed by atoms with Gasteiger partial charge in [0.25, 0.3) is 12.3 Å². The summed E-state index contributed by atoms with van der Waals surface area (Å²) in [5, 5.41) is 3.16. The molecule has 0 saturated carbocycles. The van der Waals surface area contributed by atoms with E-state index in [1.54, 1.807) is 17.9 Å². The van der Waals surface area contributed by atoms with Crippen molar-refractivity contribution in [2.45, 2.75) is 83.3 Å². The number of halogens is 4. The van der Waals surface area contributed by atoms with Gasteiger partial charge in [-0.15, -0.1) is 0 Å². The molecule has 2 aromatic carbocycles. The van der Waals surface area contributed by atoms with Crippen LogP contribution in [0.25, 0.3) is 10.9 Å². The van der Waals surface area contributed by atoms with Crippen LogP contribution < -0.4 is 10.2 Å². The smallest absolute Gasteiger partial charge is 0.258 e. The first kappa shape index (κ1) is 40.7. The number of hydrogen-bond donors (Lipinski definition) is 2. The van der Waals surface area contributed by atoms with Crippen molar-refractivity contribution in [2.75, 3.05) is 57.3 Å². The predicted octanol–water partition coefficient (Wildman–Crippen LogP) is 4.99. The molecule has 5 amide bonds. The fraction of sp³-hybridized carbons (Fsp3) is 0.500. The highest BCUT2D eigenvalue weighted by atomic mass is 19.3. The molecule has 12 nitrogen and oxygen atoms in total. The number of benzene rings is 2. The van der Waals surface area contributed by atoms with E-state index >= 15 is 8.78 Å². The number of amides is 5. The Hall–Kier alpha value is -5.35. The van der Waals surface area contributed by atoms with Crippen LogP contribution in [0.5, 0.6) is 0 Å². The largest absolute Gasteiger partial charge is 0.371 e. The van der Waals surface area contributed by atoms with Gasteiger partial charge in [0.05, 0.1) is 24.5 Å². The molecule has 6 aliphatic heterocycles. The molecule has 2 unspecified atom stereocenters. The lowest BCUT2D eigenvalue weighted by molar-refractivity contribution is -0.152. The van der Waals surface area contributed by atoms with Crippen LogP contribution in [0.4, 0.5) is 23.2 Å². The quantitative estimate of drug-likeness (QED) is 0.252. The van der Waals surface area contributed by atoms with Crippen LogP contribution in [0.3, 0.4) is 0 Å². The number of piperidine rings is 2. The number of aromatic nitrogens is 1. The van der Waals surface area contributed by atoms with E-state index in [4.69, 9.17) is 0 Å². The van der Waals surface area contributed by atoms with Gasteiger partial charge in [-0.2, -0.15) is 0 Å². The lowest BCUT2D eigenvalue weighted by atomic mass is 9.73. The molecule has 2 N–H and O–H groups in total. The molecule has 1 spiro atoms. The summed E-state index contributed by atoms with van der Waals surface area (Å²) < 4.78 is 60.7. The second kappa shape index (κ2) is 14.9. The Bertz CT molecular complexity index is 2490. The minimum atomic E-state index is -2.69. The number of carbonyl (C=O) groups is 5. The monoisotopic (exact) mass is 855 g/mol. The van der Waals surface area contributed by atoms with Crippen LogP contribution in [-0.2, 0) is 30.4 Å². The predicted molar refractivity (Wildman–Crippen MR) is 220 cm³/mol. The molecule has 326 valence electrons. The van der Waals surface area contributed by atoms with Crippen LogP contribution >= 0.6 is 0 Å². The number of para-hydroxylation sites is 1. The molecule has 3 aromatic rings. The number of carbonyl (C=O) groups excluding carboxylic acids is 5. The Kier molecular flexibility index (Phi) is 9.78. The SMILES string of the molecule is C[C@@H]1Cc2c([nH]c3ccccc23)[C@@H](c2c(F)cc(N3CCC4(CCN(CC(=O)N5CC6=C(C5)CC5(C)C(=O)N(C7CCC(=O)NC7=O)C(=O)C5=C6)CC4)C3)cc2F)N1CC(F)F. The summed E-state index contributed by atoms with van der Waals surface area (Å²) in [4.78, 5) is 77.0. The van der Waals surface area contributed by atoms with Gasteiger partial charge in [-0.1, -0.05) is 18.2 Å². The number of H-pyrrole nitrogens is 1. The van der Waals surface area contributed by atoms with Gasteiger partial charge in [-0.3, -0.25) is 44.0 Å². The second-order valence-corrected chi connectivity index (χ2v) is 18.8. The zero-order valence-corrected chi connectivity index (χ0v) is 34.7. The fourth-order valence-corrected chi connectivity index (χ4v) is 11.6. The molecule has 4 atom stereocenters. The van der Waals surface area contributed by atoms with Crippen LogP contribution in [0.15, 0.2) is 59.2 Å². The van der Waals surface area contributed by atoms with E-state index in [1.807, 2.05) is 36.1 Å². The molecular weight excluding hydrogens is 807 g/mol. The number of nitrogens with zero attached hydrogens (tertiary/aromatic N) is 5. The standard InChI is InChI=1S/C46H49F4N7O5/c1-25-15-30-29-5-3-4-6-34(29)51-40(30)41(56(25)22-36(49)50)39-32(47)17-28(18-33(39)48)54-14-11-46(24-54)9-12-53(13-10-46)23-38(59)55-20-26-16-31-43(61)57(35-7-8-37(58)52-42(35)60)44(62)45(31,2)19-27(26)21-55/h3-6,16-18,25,35-36,41,51H,7-15,19-24H2,1-2H3,(H,52,58,60)/t25-,35?,41-,45?/m1/s1. The maximum atomic E-state index is 16.4. The van der Waals surface area contributed by atoms with Crippen molar-refractivity contribution < 1.29 is 41.5 Å². The number of hydrogen-bond acceptors (Lipinski definition) is 8. The summed E-state index contributed by atoms with van der Waals surface area (Å²) in [6, 6.07) is 7.82. The van der Waals surface area contributed by atoms with E-state index in [1.165, 1.54) is 17.0 Å². The molecule has 16 heteroatoms. The maximum Gasteiger partial charge on any atom is 0.258 e. The summed E-state index contributed by atoms with van der Waals surface area (Å²) >= 11 is 0. The van der Waals surface area contributed by atoms with Crippen molar-refractivity contribution in [3.63, 3.8) is 0 Å². The van der Waals surface area contributed by atoms with Crippen molar-refractivity contribution >= 4 is 46.1 Å². The number of fused-ring (bicyclic) bond motifs is 4. The highest BCUT2D eigenvalue weighted by molar-refractivity contribution is 6.20. The topological polar surface area (TPSA) is 129 Å². The van der Waals surface area contributed by atoms with Gasteiger partial charge in [0, 0.05) is 72.1 Å². The number of anilines is 1. The Morgan fingerprint density at radius 2 is 1.71 bits per heavy atom. The third kappa shape index (κ3) is 6.58. The first-order chi connectivity index (χ1) is 29.6. The average molecular weight is 856 g/mol. The minimum absolute atomic E-state index is 0.0478. The van der Waals surface area contributed by atoms with E-state index in [-0.39, 0.29) is 48.7 Å². The molecule has 4 saturated heterocycles. The van der Waals surface area contributed by atoms with Crippen molar-refractivity contribution in [2.24, 2.45) is 10.8 Å². The van der Waals surface area contributed by atoms with Gasteiger partial charge < -0.3 is 14.8 Å². The average Bonchev–Trinajstić information content (AvgIpc) is 3.98. The molecule has 0 bridgehead atoms. The number of nitrogens with one attached hydrogen (secondary N) is 2. The molecule has 1 aromatic heterocycles. The van der Waals surface area contributed by atoms with E-state index in [9.17, 15) is 32.8 Å². The van der Waals surface area contributed by atoms with E-state index < -0.39 is 65.7 Å². The molecule has 7 aliphatic rings. The minimum Gasteiger partial charge on any atom is -0.371 e. The zero-order chi connectivity index (χ0) is 43.4. The van der Waals surface area contributed by atoms with E-state index in [0.29, 0.717) is 62.6 Å². The second-order valence-electron chi connectivity index (χ2n) is 18.8. The lowest BCUT2D eigenvalue weighted by Gasteiger charge is -2.41. The zero-order valence-electron chi connectivity index (χ0n) is 34.7. The molecule has 4 fully saturated rings. The summed E-state index contributed by atoms with van der Waals surface area (Å²) in [7, 11) is 0. The van der Waals surface area contributed by atoms with Crippen molar-refractivity contribution in [1.29, 1.82) is 0 Å². The first-order valence-electron chi connectivity index (χ1n) is 21.7. The van der Waals surface area contributed by atoms with Gasteiger partial charge in [-0.25, -0.2) is 17.6 Å². The number of rotatable bonds is 7. The molecule has 0 radical (unpaired) electrons. The van der Waals surface area contributed by atoms with Crippen LogP contribution in [-0.4, -0.2) is 125 Å². The van der Waals surface area contributed by atoms with Crippen LogP contribution in [0, 0.1) is 22.5 Å². The highest BCUT2D eigenvalue weighted by Crippen LogP contribution is 2.50. The Balaban J connectivity index is 0.776. The van der Waals surface area contributed by atoms with Gasteiger partial charge >= 0.3 is 0 Å². The summed E-state index contributed by atoms with van der Waals surface area (Å²) in [5.41, 5.74) is 3.24. The fourth-order valence-electron chi connectivity index (χ4n) is 11.6. The number of likely N-dealkylation sites (tertiary alicyclic amines) is 2. The third-order valence-corrected chi connectivity index (χ3v) is 15.0. The van der Waals surface area contributed by atoms with E-state index in [0.717, 1.165) is 51.8 Å². The normalized spacial score (nSPS) is 27.8. The molecule has 1 aliphatic carbocycles. The Labute approximate surface area is 355 Å². The summed E-state index contributed by atoms with van der Waals surface area (Å²) in [5.74, 6) is -3.65. The summed E-state index contributed by atoms with van der Waals surface area (Å²) in [6.45, 7) is 6.36. The van der Waals surface area contributed by atoms with Crippen molar-refractivity contribution in [1.82, 2.24) is 29.9 Å². The number of alkyl halides is 2. The molecule has 7 heterocycles. The van der Waals surface area contributed by atoms with Gasteiger partial charge in [0.2, 0.25) is 23.6 Å². The van der Waals surface area contributed by atoms with Crippen LogP contribution in [0.2, 0.25) is 0 Å². The van der Waals surface area contributed by atoms with Gasteiger partial charge in [-0.05, 0) is 112 Å². The first-order valence-corrected chi connectivity index (χ1v) is 21.7. The number of aromatic amines is 1. The van der Waals surface area contributed by atoms with Crippen molar-refractivity contribution in [3.8, 4) is 0 Å².